The molecule has 0 aromatic heterocycles. The molecule has 1 aliphatic heterocycles. The summed E-state index contributed by atoms with van der Waals surface area (Å²) in [4.78, 5) is 13.5. The van der Waals surface area contributed by atoms with E-state index in [4.69, 9.17) is 10.5 Å². The van der Waals surface area contributed by atoms with Crippen molar-refractivity contribution in [3.8, 4) is 5.75 Å². The number of rotatable bonds is 2. The van der Waals surface area contributed by atoms with Crippen molar-refractivity contribution >= 4 is 17.3 Å². The fourth-order valence-corrected chi connectivity index (χ4v) is 1.96. The molecule has 0 unspecified atom stereocenters. The number of methoxy groups -OCH3 is 1. The van der Waals surface area contributed by atoms with Crippen LogP contribution in [0.2, 0.25) is 0 Å². The van der Waals surface area contributed by atoms with Crippen LogP contribution in [0.5, 0.6) is 5.75 Å². The zero-order valence-corrected chi connectivity index (χ0v) is 9.90. The van der Waals surface area contributed by atoms with Gasteiger partial charge in [-0.25, -0.2) is 0 Å². The minimum atomic E-state index is -0.0665. The van der Waals surface area contributed by atoms with Crippen molar-refractivity contribution < 1.29 is 9.53 Å². The molecule has 1 amide bonds. The minimum absolute atomic E-state index is 0.0245. The summed E-state index contributed by atoms with van der Waals surface area (Å²) in [6, 6.07) is 5.67. The Morgan fingerprint density at radius 1 is 1.59 bits per heavy atom. The van der Waals surface area contributed by atoms with E-state index in [1.807, 2.05) is 18.2 Å². The molecule has 0 fully saturated rings. The van der Waals surface area contributed by atoms with Crippen molar-refractivity contribution in [1.82, 2.24) is 0 Å². The topological polar surface area (TPSA) is 67.6 Å². The van der Waals surface area contributed by atoms with Gasteiger partial charge in [-0.3, -0.25) is 4.79 Å². The molecule has 3 N–H and O–H groups in total. The van der Waals surface area contributed by atoms with Crippen LogP contribution in [0.25, 0.3) is 0 Å². The van der Waals surface area contributed by atoms with Gasteiger partial charge in [-0.2, -0.15) is 0 Å². The maximum absolute atomic E-state index is 11.8. The number of fused-ring (bicyclic) bond motifs is 1. The lowest BCUT2D eigenvalue weighted by Gasteiger charge is -2.22. The van der Waals surface area contributed by atoms with E-state index in [2.05, 4.69) is 5.32 Å². The molecular weight excluding hydrogens is 218 g/mol. The van der Waals surface area contributed by atoms with Gasteiger partial charge in [-0.1, -0.05) is 0 Å². The van der Waals surface area contributed by atoms with Gasteiger partial charge < -0.3 is 20.7 Å². The summed E-state index contributed by atoms with van der Waals surface area (Å²) in [6.45, 7) is 1.56. The Bertz CT molecular complexity index is 420. The molecular formula is C12H17N3O2. The molecule has 0 saturated carbocycles. The van der Waals surface area contributed by atoms with Crippen molar-refractivity contribution in [2.75, 3.05) is 37.0 Å². The van der Waals surface area contributed by atoms with E-state index in [1.165, 1.54) is 0 Å². The average Bonchev–Trinajstić information content (AvgIpc) is 2.59. The highest BCUT2D eigenvalue weighted by Crippen LogP contribution is 2.32. The van der Waals surface area contributed by atoms with Crippen LogP contribution in [-0.2, 0) is 4.79 Å². The van der Waals surface area contributed by atoms with Crippen LogP contribution in [0.4, 0.5) is 11.4 Å². The summed E-state index contributed by atoms with van der Waals surface area (Å²) in [7, 11) is 1.61. The van der Waals surface area contributed by atoms with Crippen LogP contribution in [0.15, 0.2) is 18.2 Å². The van der Waals surface area contributed by atoms with Crippen LogP contribution in [0, 0.1) is 0 Å². The second-order valence-corrected chi connectivity index (χ2v) is 3.91. The Hall–Kier alpha value is -1.75. The molecule has 0 atom stereocenters. The molecule has 92 valence electrons. The molecule has 0 saturated heterocycles. The first-order valence-corrected chi connectivity index (χ1v) is 5.68. The van der Waals surface area contributed by atoms with Gasteiger partial charge in [-0.15, -0.1) is 0 Å². The van der Waals surface area contributed by atoms with E-state index in [-0.39, 0.29) is 12.5 Å². The number of carbonyl (C=O) groups is 1. The lowest BCUT2D eigenvalue weighted by molar-refractivity contribution is -0.117. The lowest BCUT2D eigenvalue weighted by Crippen LogP contribution is -2.36. The molecule has 1 aliphatic rings. The zero-order valence-electron chi connectivity index (χ0n) is 9.90. The summed E-state index contributed by atoms with van der Waals surface area (Å²) in [6.07, 6.45) is 0.905. The van der Waals surface area contributed by atoms with E-state index >= 15 is 0 Å². The van der Waals surface area contributed by atoms with E-state index in [9.17, 15) is 4.79 Å². The standard InChI is InChI=1S/C12H17N3O2/c1-17-9-3-4-10-11(7-9)15(12(16)8-13)6-2-5-14-10/h3-4,7,14H,2,5-6,8,13H2,1H3. The summed E-state index contributed by atoms with van der Waals surface area (Å²) in [5.74, 6) is 0.672. The fourth-order valence-electron chi connectivity index (χ4n) is 1.96. The highest BCUT2D eigenvalue weighted by atomic mass is 16.5. The van der Waals surface area contributed by atoms with Crippen molar-refractivity contribution in [2.45, 2.75) is 6.42 Å². The third kappa shape index (κ3) is 2.34. The second-order valence-electron chi connectivity index (χ2n) is 3.91. The highest BCUT2D eigenvalue weighted by molar-refractivity contribution is 5.98. The van der Waals surface area contributed by atoms with Crippen LogP contribution in [0.3, 0.4) is 0 Å². The number of nitrogens with two attached hydrogens (primary N) is 1. The Balaban J connectivity index is 2.41. The molecule has 0 bridgehead atoms. The van der Waals surface area contributed by atoms with E-state index in [0.717, 1.165) is 30.1 Å². The van der Waals surface area contributed by atoms with Crippen molar-refractivity contribution in [2.24, 2.45) is 5.73 Å². The number of hydrogen-bond donors (Lipinski definition) is 2. The van der Waals surface area contributed by atoms with Gasteiger partial charge in [0.1, 0.15) is 5.75 Å². The minimum Gasteiger partial charge on any atom is -0.497 e. The number of anilines is 2. The fraction of sp³-hybridized carbons (Fsp3) is 0.417. The Morgan fingerprint density at radius 2 is 2.41 bits per heavy atom. The van der Waals surface area contributed by atoms with E-state index < -0.39 is 0 Å². The Labute approximate surface area is 101 Å². The maximum Gasteiger partial charge on any atom is 0.240 e. The van der Waals surface area contributed by atoms with Gasteiger partial charge >= 0.3 is 0 Å². The molecule has 2 rings (SSSR count). The zero-order chi connectivity index (χ0) is 12.3. The molecule has 0 spiro atoms. The molecule has 5 heteroatoms. The summed E-state index contributed by atoms with van der Waals surface area (Å²) in [5.41, 5.74) is 7.23. The first-order valence-electron chi connectivity index (χ1n) is 5.68. The van der Waals surface area contributed by atoms with Gasteiger partial charge in [0, 0.05) is 19.2 Å². The molecule has 1 aromatic carbocycles. The molecule has 0 aliphatic carbocycles. The first kappa shape index (κ1) is 11.7. The van der Waals surface area contributed by atoms with Gasteiger partial charge in [-0.05, 0) is 18.6 Å². The average molecular weight is 235 g/mol. The van der Waals surface area contributed by atoms with Crippen molar-refractivity contribution in [1.29, 1.82) is 0 Å². The lowest BCUT2D eigenvalue weighted by atomic mass is 10.2. The quantitative estimate of drug-likeness (QED) is 0.795. The number of carbonyl (C=O) groups excluding carboxylic acids is 1. The third-order valence-electron chi connectivity index (χ3n) is 2.85. The molecule has 1 heterocycles. The second kappa shape index (κ2) is 5.05. The predicted molar refractivity (Wildman–Crippen MR) is 67.5 cm³/mol. The Kier molecular flexibility index (Phi) is 3.49. The maximum atomic E-state index is 11.8. The largest absolute Gasteiger partial charge is 0.497 e. The van der Waals surface area contributed by atoms with Gasteiger partial charge in [0.2, 0.25) is 5.91 Å². The third-order valence-corrected chi connectivity index (χ3v) is 2.85. The number of hydrogen-bond acceptors (Lipinski definition) is 4. The first-order chi connectivity index (χ1) is 8.26. The summed E-state index contributed by atoms with van der Waals surface area (Å²) in [5, 5.41) is 3.30. The smallest absolute Gasteiger partial charge is 0.240 e. The molecule has 17 heavy (non-hydrogen) atoms. The highest BCUT2D eigenvalue weighted by Gasteiger charge is 2.20. The number of nitrogens with zero attached hydrogens (tertiary/aromatic N) is 1. The van der Waals surface area contributed by atoms with Gasteiger partial charge in [0.15, 0.2) is 0 Å². The number of ether oxygens (including phenoxy) is 1. The van der Waals surface area contributed by atoms with E-state index in [0.29, 0.717) is 6.54 Å². The number of amides is 1. The molecule has 0 radical (unpaired) electrons. The van der Waals surface area contributed by atoms with Crippen LogP contribution in [0.1, 0.15) is 6.42 Å². The monoisotopic (exact) mass is 235 g/mol. The van der Waals surface area contributed by atoms with Crippen LogP contribution in [-0.4, -0.2) is 32.7 Å². The van der Waals surface area contributed by atoms with Gasteiger partial charge in [0.25, 0.3) is 0 Å². The predicted octanol–water partition coefficient (Wildman–Crippen LogP) is 0.802. The van der Waals surface area contributed by atoms with Crippen LogP contribution >= 0.6 is 0 Å². The molecule has 1 aromatic rings. The molecule has 5 nitrogen and oxygen atoms in total. The number of nitrogens with one attached hydrogen (secondary N) is 1. The van der Waals surface area contributed by atoms with Crippen molar-refractivity contribution in [3.05, 3.63) is 18.2 Å². The van der Waals surface area contributed by atoms with Gasteiger partial charge in [0.05, 0.1) is 25.0 Å². The van der Waals surface area contributed by atoms with Crippen molar-refractivity contribution in [3.63, 3.8) is 0 Å². The van der Waals surface area contributed by atoms with E-state index in [1.54, 1.807) is 12.0 Å². The Morgan fingerprint density at radius 3 is 3.12 bits per heavy atom. The summed E-state index contributed by atoms with van der Waals surface area (Å²) >= 11 is 0. The SMILES string of the molecule is COc1ccc2c(c1)N(C(=O)CN)CCCN2. The number of benzene rings is 1. The summed E-state index contributed by atoms with van der Waals surface area (Å²) < 4.78 is 5.19. The normalized spacial score (nSPS) is 14.6. The van der Waals surface area contributed by atoms with Crippen LogP contribution < -0.4 is 20.7 Å².